The number of hydrogen-bond donors (Lipinski definition) is 1. The minimum Gasteiger partial charge on any atom is -0.490 e. The van der Waals surface area contributed by atoms with Gasteiger partial charge in [-0.2, -0.15) is 5.26 Å². The van der Waals surface area contributed by atoms with Crippen LogP contribution >= 0.6 is 0 Å². The van der Waals surface area contributed by atoms with Crippen molar-refractivity contribution in [1.29, 1.82) is 5.26 Å². The molecule has 3 aliphatic rings. The van der Waals surface area contributed by atoms with E-state index < -0.39 is 5.97 Å². The van der Waals surface area contributed by atoms with Gasteiger partial charge in [0.2, 0.25) is 5.88 Å². The van der Waals surface area contributed by atoms with Crippen LogP contribution in [-0.2, 0) is 17.8 Å². The number of nitriles is 1. The van der Waals surface area contributed by atoms with Crippen molar-refractivity contribution >= 4 is 5.97 Å². The van der Waals surface area contributed by atoms with E-state index in [-0.39, 0.29) is 29.3 Å². The fourth-order valence-electron chi connectivity index (χ4n) is 6.42. The van der Waals surface area contributed by atoms with Crippen LogP contribution in [-0.4, -0.2) is 22.2 Å². The molecule has 188 valence electrons. The summed E-state index contributed by atoms with van der Waals surface area (Å²) in [5.74, 6) is 0.841. The smallest absolute Gasteiger partial charge is 0.307 e. The van der Waals surface area contributed by atoms with Gasteiger partial charge in [-0.1, -0.05) is 18.2 Å². The zero-order valence-corrected chi connectivity index (χ0v) is 21.3. The van der Waals surface area contributed by atoms with E-state index in [0.29, 0.717) is 12.5 Å². The number of carboxylic acid groups (broad SMARTS) is 1. The number of nitrogens with zero attached hydrogens (tertiary/aromatic N) is 2. The molecule has 0 spiro atoms. The van der Waals surface area contributed by atoms with E-state index in [1.54, 1.807) is 6.20 Å². The summed E-state index contributed by atoms with van der Waals surface area (Å²) in [6.07, 6.45) is 4.24. The van der Waals surface area contributed by atoms with Crippen LogP contribution in [0.2, 0.25) is 0 Å². The predicted molar refractivity (Wildman–Crippen MR) is 138 cm³/mol. The molecule has 1 heterocycles. The topological polar surface area (TPSA) is 92.4 Å². The van der Waals surface area contributed by atoms with Crippen LogP contribution in [0.1, 0.15) is 53.5 Å². The summed E-state index contributed by atoms with van der Waals surface area (Å²) in [6.45, 7) is 6.60. The zero-order valence-electron chi connectivity index (χ0n) is 21.3. The largest absolute Gasteiger partial charge is 0.490 e. The van der Waals surface area contributed by atoms with Gasteiger partial charge in [0.15, 0.2) is 0 Å². The molecule has 3 aliphatic carbocycles. The van der Waals surface area contributed by atoms with Crippen LogP contribution in [0.5, 0.6) is 11.6 Å². The number of aromatic nitrogens is 1. The fraction of sp³-hybridized carbons (Fsp3) is 0.387. The van der Waals surface area contributed by atoms with E-state index in [1.807, 2.05) is 19.1 Å². The van der Waals surface area contributed by atoms with Crippen molar-refractivity contribution in [3.63, 3.8) is 0 Å². The molecule has 6 rings (SSSR count). The Morgan fingerprint density at radius 3 is 2.65 bits per heavy atom. The van der Waals surface area contributed by atoms with Crippen LogP contribution < -0.4 is 9.47 Å². The van der Waals surface area contributed by atoms with Crippen LogP contribution in [0.4, 0.5) is 0 Å². The molecule has 0 saturated heterocycles. The van der Waals surface area contributed by atoms with E-state index >= 15 is 0 Å². The average Bonchev–Trinajstić information content (AvgIpc) is 3.44. The highest BCUT2D eigenvalue weighted by Crippen LogP contribution is 2.61. The normalized spacial score (nSPS) is 26.9. The Morgan fingerprint density at radius 2 is 1.95 bits per heavy atom. The third-order valence-electron chi connectivity index (χ3n) is 8.31. The van der Waals surface area contributed by atoms with Crippen molar-refractivity contribution in [2.45, 2.75) is 58.7 Å². The summed E-state index contributed by atoms with van der Waals surface area (Å²) < 4.78 is 12.2. The molecule has 0 radical (unpaired) electrons. The minimum atomic E-state index is -0.699. The van der Waals surface area contributed by atoms with Crippen molar-refractivity contribution in [3.8, 4) is 28.8 Å². The molecule has 2 saturated carbocycles. The monoisotopic (exact) mass is 494 g/mol. The molecule has 6 nitrogen and oxygen atoms in total. The summed E-state index contributed by atoms with van der Waals surface area (Å²) in [5.41, 5.74) is 7.65. The molecule has 2 aromatic carbocycles. The van der Waals surface area contributed by atoms with E-state index in [9.17, 15) is 15.2 Å². The molecule has 2 fully saturated rings. The zero-order chi connectivity index (χ0) is 25.9. The molecule has 1 aromatic heterocycles. The summed E-state index contributed by atoms with van der Waals surface area (Å²) in [5, 5.41) is 18.6. The first kappa shape index (κ1) is 23.5. The van der Waals surface area contributed by atoms with Gasteiger partial charge < -0.3 is 14.6 Å². The molecule has 1 N–H and O–H groups in total. The first-order valence-electron chi connectivity index (χ1n) is 12.9. The molecular weight excluding hydrogens is 464 g/mol. The first-order chi connectivity index (χ1) is 17.7. The Labute approximate surface area is 216 Å². The Hall–Kier alpha value is -3.85. The quantitative estimate of drug-likeness (QED) is 0.434. The number of hydrogen-bond acceptors (Lipinski definition) is 5. The molecule has 0 bridgehead atoms. The number of rotatable bonds is 7. The SMILES string of the molecule is Cc1cc(OC2CC(C)(C#N)C2)cc(C)c1-c1cccc(COc2cc3c(cn2)[C@H]2[C@@H](C3)[C@@H]2C(=O)O)c1. The highest BCUT2D eigenvalue weighted by Gasteiger charge is 2.59. The number of fused-ring (bicyclic) bond motifs is 3. The summed E-state index contributed by atoms with van der Waals surface area (Å²) in [7, 11) is 0. The number of aliphatic carboxylic acids is 1. The Kier molecular flexibility index (Phi) is 5.49. The van der Waals surface area contributed by atoms with Gasteiger partial charge in [0.1, 0.15) is 18.5 Å². The van der Waals surface area contributed by atoms with Gasteiger partial charge in [0.05, 0.1) is 17.4 Å². The molecular formula is C31H30N2O4. The standard InChI is InChI=1S/C31H30N2O4/c1-17-7-22(37-23-12-31(3,13-23)16-32)8-18(2)27(17)20-6-4-5-19(9-20)15-36-26-11-21-10-24-28(25(21)14-33-26)29(24)30(34)35/h4-9,11,14,23-24,28-29H,10,12-13,15H2,1-3H3,(H,34,35)/t23?,24-,28-,29+,31?/m1/s1. The Bertz CT molecular complexity index is 1430. The van der Waals surface area contributed by atoms with Gasteiger partial charge in [-0.05, 0) is 90.3 Å². The van der Waals surface area contributed by atoms with Crippen LogP contribution in [0, 0.1) is 42.4 Å². The third-order valence-corrected chi connectivity index (χ3v) is 8.31. The molecule has 37 heavy (non-hydrogen) atoms. The van der Waals surface area contributed by atoms with Crippen molar-refractivity contribution in [1.82, 2.24) is 4.98 Å². The van der Waals surface area contributed by atoms with E-state index in [4.69, 9.17) is 9.47 Å². The van der Waals surface area contributed by atoms with Gasteiger partial charge >= 0.3 is 5.97 Å². The van der Waals surface area contributed by atoms with Crippen LogP contribution in [0.3, 0.4) is 0 Å². The number of aryl methyl sites for hydroxylation is 2. The first-order valence-corrected chi connectivity index (χ1v) is 12.9. The van der Waals surface area contributed by atoms with E-state index in [0.717, 1.165) is 52.8 Å². The summed E-state index contributed by atoms with van der Waals surface area (Å²) >= 11 is 0. The Morgan fingerprint density at radius 1 is 1.19 bits per heavy atom. The van der Waals surface area contributed by atoms with Crippen molar-refractivity contribution < 1.29 is 19.4 Å². The number of pyridine rings is 1. The maximum atomic E-state index is 11.3. The van der Waals surface area contributed by atoms with Crippen LogP contribution in [0.15, 0.2) is 48.7 Å². The summed E-state index contributed by atoms with van der Waals surface area (Å²) in [4.78, 5) is 15.8. The van der Waals surface area contributed by atoms with Crippen molar-refractivity contribution in [3.05, 3.63) is 76.5 Å². The third kappa shape index (κ3) is 4.23. The van der Waals surface area contributed by atoms with Gasteiger partial charge in [-0.3, -0.25) is 4.79 Å². The second-order valence-corrected chi connectivity index (χ2v) is 11.2. The van der Waals surface area contributed by atoms with Gasteiger partial charge in [0, 0.05) is 31.0 Å². The van der Waals surface area contributed by atoms with E-state index in [1.165, 1.54) is 11.1 Å². The Balaban J connectivity index is 1.13. The number of carboxylic acids is 1. The van der Waals surface area contributed by atoms with E-state index in [2.05, 4.69) is 55.2 Å². The second-order valence-electron chi connectivity index (χ2n) is 11.2. The molecule has 3 aromatic rings. The molecule has 0 amide bonds. The highest BCUT2D eigenvalue weighted by atomic mass is 16.5. The van der Waals surface area contributed by atoms with Crippen molar-refractivity contribution in [2.24, 2.45) is 17.3 Å². The molecule has 6 heteroatoms. The predicted octanol–water partition coefficient (Wildman–Crippen LogP) is 5.99. The minimum absolute atomic E-state index is 0.104. The maximum absolute atomic E-state index is 11.3. The number of ether oxygens (including phenoxy) is 2. The molecule has 3 atom stereocenters. The van der Waals surface area contributed by atoms with Gasteiger partial charge in [-0.25, -0.2) is 4.98 Å². The lowest BCUT2D eigenvalue weighted by Gasteiger charge is -2.39. The van der Waals surface area contributed by atoms with Gasteiger partial charge in [0.25, 0.3) is 0 Å². The van der Waals surface area contributed by atoms with Gasteiger partial charge in [-0.15, -0.1) is 0 Å². The number of benzene rings is 2. The summed E-state index contributed by atoms with van der Waals surface area (Å²) in [6, 6.07) is 16.9. The lowest BCUT2D eigenvalue weighted by atomic mass is 9.69. The lowest BCUT2D eigenvalue weighted by molar-refractivity contribution is -0.139. The lowest BCUT2D eigenvalue weighted by Crippen LogP contribution is -2.41. The second kappa shape index (κ2) is 8.62. The average molecular weight is 495 g/mol. The van der Waals surface area contributed by atoms with Crippen molar-refractivity contribution in [2.75, 3.05) is 0 Å². The van der Waals surface area contributed by atoms with Crippen LogP contribution in [0.25, 0.3) is 11.1 Å². The fourth-order valence-corrected chi connectivity index (χ4v) is 6.42. The highest BCUT2D eigenvalue weighted by molar-refractivity contribution is 5.77. The molecule has 0 aliphatic heterocycles. The number of carbonyl (C=O) groups is 1. The maximum Gasteiger partial charge on any atom is 0.307 e. The molecule has 0 unspecified atom stereocenters.